The van der Waals surface area contributed by atoms with Crippen molar-refractivity contribution >= 4 is 29.2 Å². The molecule has 1 amide bonds. The number of rotatable bonds is 5. The molecule has 24 heavy (non-hydrogen) atoms. The van der Waals surface area contributed by atoms with Gasteiger partial charge in [0.15, 0.2) is 10.2 Å². The van der Waals surface area contributed by atoms with Crippen molar-refractivity contribution in [3.05, 3.63) is 24.3 Å². The Hall–Kier alpha value is -1.60. The Bertz CT molecular complexity index is 665. The predicted molar refractivity (Wildman–Crippen MR) is 97.7 cm³/mol. The molecule has 0 spiro atoms. The molecule has 7 heteroatoms. The summed E-state index contributed by atoms with van der Waals surface area (Å²) >= 11 is 2.83. The molecular formula is C17H21N3O2S2. The van der Waals surface area contributed by atoms with E-state index in [0.29, 0.717) is 11.6 Å². The minimum absolute atomic E-state index is 0.211. The zero-order valence-electron chi connectivity index (χ0n) is 13.7. The van der Waals surface area contributed by atoms with Gasteiger partial charge in [0.2, 0.25) is 5.91 Å². The lowest BCUT2D eigenvalue weighted by molar-refractivity contribution is -0.128. The molecule has 0 N–H and O–H groups in total. The van der Waals surface area contributed by atoms with E-state index in [4.69, 9.17) is 4.74 Å². The molecular weight excluding hydrogens is 342 g/mol. The molecule has 1 aliphatic heterocycles. The van der Waals surface area contributed by atoms with Gasteiger partial charge in [-0.2, -0.15) is 4.37 Å². The fraction of sp³-hybridized carbons (Fsp3) is 0.471. The number of nitrogens with zero attached hydrogens (tertiary/aromatic N) is 3. The SMILES string of the molecule is COc1ccc(-c2nsc(SCC(=O)N3CCCCCC3)n2)cc1. The summed E-state index contributed by atoms with van der Waals surface area (Å²) in [4.78, 5) is 18.8. The lowest BCUT2D eigenvalue weighted by atomic mass is 10.2. The van der Waals surface area contributed by atoms with Gasteiger partial charge in [0, 0.05) is 18.7 Å². The Balaban J connectivity index is 1.56. The molecule has 1 saturated heterocycles. The van der Waals surface area contributed by atoms with Crippen molar-refractivity contribution in [2.45, 2.75) is 30.0 Å². The molecule has 0 radical (unpaired) electrons. The van der Waals surface area contributed by atoms with Gasteiger partial charge in [0.1, 0.15) is 5.75 Å². The maximum atomic E-state index is 12.3. The van der Waals surface area contributed by atoms with Crippen LogP contribution in [0, 0.1) is 0 Å². The van der Waals surface area contributed by atoms with Crippen LogP contribution in [-0.4, -0.2) is 46.1 Å². The van der Waals surface area contributed by atoms with Crippen LogP contribution in [0.3, 0.4) is 0 Å². The average molecular weight is 364 g/mol. The zero-order valence-corrected chi connectivity index (χ0v) is 15.4. The molecule has 128 valence electrons. The van der Waals surface area contributed by atoms with E-state index in [-0.39, 0.29) is 5.91 Å². The Morgan fingerprint density at radius 3 is 2.58 bits per heavy atom. The van der Waals surface area contributed by atoms with Gasteiger partial charge >= 0.3 is 0 Å². The number of thioether (sulfide) groups is 1. The monoisotopic (exact) mass is 363 g/mol. The number of hydrogen-bond acceptors (Lipinski definition) is 6. The number of benzene rings is 1. The fourth-order valence-corrected chi connectivity index (χ4v) is 4.18. The molecule has 2 heterocycles. The van der Waals surface area contributed by atoms with E-state index in [1.165, 1.54) is 36.1 Å². The first-order valence-electron chi connectivity index (χ1n) is 8.15. The van der Waals surface area contributed by atoms with Crippen LogP contribution in [0.4, 0.5) is 0 Å². The third-order valence-electron chi connectivity index (χ3n) is 4.03. The summed E-state index contributed by atoms with van der Waals surface area (Å²) in [6.07, 6.45) is 4.71. The number of carbonyl (C=O) groups is 1. The summed E-state index contributed by atoms with van der Waals surface area (Å²) in [6, 6.07) is 7.67. The molecule has 0 unspecified atom stereocenters. The molecule has 1 aromatic heterocycles. The lowest BCUT2D eigenvalue weighted by Gasteiger charge is -2.19. The van der Waals surface area contributed by atoms with E-state index in [0.717, 1.165) is 41.6 Å². The Labute approximate surface area is 150 Å². The van der Waals surface area contributed by atoms with E-state index in [1.54, 1.807) is 7.11 Å². The highest BCUT2D eigenvalue weighted by molar-refractivity contribution is 8.01. The summed E-state index contributed by atoms with van der Waals surface area (Å²) in [6.45, 7) is 1.79. The Kier molecular flexibility index (Phi) is 6.09. The van der Waals surface area contributed by atoms with E-state index >= 15 is 0 Å². The van der Waals surface area contributed by atoms with Crippen LogP contribution in [0.5, 0.6) is 5.75 Å². The molecule has 1 aromatic carbocycles. The van der Waals surface area contributed by atoms with E-state index in [9.17, 15) is 4.79 Å². The van der Waals surface area contributed by atoms with E-state index in [1.807, 2.05) is 29.2 Å². The molecule has 5 nitrogen and oxygen atoms in total. The quantitative estimate of drug-likeness (QED) is 0.758. The maximum Gasteiger partial charge on any atom is 0.233 e. The first kappa shape index (κ1) is 17.2. The van der Waals surface area contributed by atoms with Crippen molar-refractivity contribution in [3.8, 4) is 17.1 Å². The van der Waals surface area contributed by atoms with Crippen LogP contribution < -0.4 is 4.74 Å². The molecule has 2 aromatic rings. The van der Waals surface area contributed by atoms with Crippen molar-refractivity contribution < 1.29 is 9.53 Å². The third-order valence-corrected chi connectivity index (χ3v) is 5.85. The summed E-state index contributed by atoms with van der Waals surface area (Å²) in [7, 11) is 1.65. The van der Waals surface area contributed by atoms with E-state index < -0.39 is 0 Å². The summed E-state index contributed by atoms with van der Waals surface area (Å²) in [5.74, 6) is 2.17. The topological polar surface area (TPSA) is 55.3 Å². The summed E-state index contributed by atoms with van der Waals surface area (Å²) in [5.41, 5.74) is 0.956. The highest BCUT2D eigenvalue weighted by Crippen LogP contribution is 2.26. The van der Waals surface area contributed by atoms with Crippen LogP contribution in [-0.2, 0) is 4.79 Å². The number of ether oxygens (including phenoxy) is 1. The van der Waals surface area contributed by atoms with Crippen LogP contribution in [0.15, 0.2) is 28.6 Å². The number of carbonyl (C=O) groups excluding carboxylic acids is 1. The van der Waals surface area contributed by atoms with Crippen molar-refractivity contribution in [1.82, 2.24) is 14.3 Å². The first-order valence-corrected chi connectivity index (χ1v) is 9.91. The summed E-state index contributed by atoms with van der Waals surface area (Å²) in [5, 5.41) is 0. The highest BCUT2D eigenvalue weighted by Gasteiger charge is 2.16. The van der Waals surface area contributed by atoms with Crippen molar-refractivity contribution in [3.63, 3.8) is 0 Å². The molecule has 1 aliphatic rings. The van der Waals surface area contributed by atoms with Crippen molar-refractivity contribution in [1.29, 1.82) is 0 Å². The number of likely N-dealkylation sites (tertiary alicyclic amines) is 1. The Morgan fingerprint density at radius 1 is 1.21 bits per heavy atom. The van der Waals surface area contributed by atoms with Gasteiger partial charge in [-0.15, -0.1) is 0 Å². The lowest BCUT2D eigenvalue weighted by Crippen LogP contribution is -2.33. The van der Waals surface area contributed by atoms with Gasteiger partial charge in [0.25, 0.3) is 0 Å². The first-order chi connectivity index (χ1) is 11.8. The largest absolute Gasteiger partial charge is 0.497 e. The molecule has 0 aliphatic carbocycles. The van der Waals surface area contributed by atoms with Gasteiger partial charge < -0.3 is 9.64 Å². The van der Waals surface area contributed by atoms with Gasteiger partial charge in [-0.05, 0) is 48.6 Å². The third kappa shape index (κ3) is 4.48. The molecule has 0 atom stereocenters. The average Bonchev–Trinajstić information content (AvgIpc) is 2.92. The zero-order chi connectivity index (χ0) is 16.8. The highest BCUT2D eigenvalue weighted by atomic mass is 32.2. The van der Waals surface area contributed by atoms with Gasteiger partial charge in [-0.3, -0.25) is 4.79 Å². The van der Waals surface area contributed by atoms with E-state index in [2.05, 4.69) is 9.36 Å². The van der Waals surface area contributed by atoms with Gasteiger partial charge in [-0.1, -0.05) is 24.6 Å². The van der Waals surface area contributed by atoms with Gasteiger partial charge in [0.05, 0.1) is 12.9 Å². The fourth-order valence-electron chi connectivity index (χ4n) is 2.66. The maximum absolute atomic E-state index is 12.3. The number of aromatic nitrogens is 2. The van der Waals surface area contributed by atoms with Crippen molar-refractivity contribution in [2.24, 2.45) is 0 Å². The number of hydrogen-bond donors (Lipinski definition) is 0. The Morgan fingerprint density at radius 2 is 1.92 bits per heavy atom. The number of amides is 1. The van der Waals surface area contributed by atoms with Crippen molar-refractivity contribution in [2.75, 3.05) is 26.0 Å². The van der Waals surface area contributed by atoms with Crippen LogP contribution in [0.1, 0.15) is 25.7 Å². The molecule has 0 saturated carbocycles. The minimum atomic E-state index is 0.211. The molecule has 0 bridgehead atoms. The second kappa shape index (κ2) is 8.48. The normalized spacial score (nSPS) is 15.1. The van der Waals surface area contributed by atoms with Gasteiger partial charge in [-0.25, -0.2) is 4.98 Å². The smallest absolute Gasteiger partial charge is 0.233 e. The molecule has 1 fully saturated rings. The second-order valence-electron chi connectivity index (χ2n) is 5.70. The summed E-state index contributed by atoms with van der Waals surface area (Å²) < 4.78 is 10.4. The molecule has 3 rings (SSSR count). The predicted octanol–water partition coefficient (Wildman–Crippen LogP) is 3.71. The van der Waals surface area contributed by atoms with Crippen LogP contribution >= 0.6 is 23.3 Å². The van der Waals surface area contributed by atoms with Crippen LogP contribution in [0.2, 0.25) is 0 Å². The standard InChI is InChI=1S/C17H21N3O2S2/c1-22-14-8-6-13(7-9-14)16-18-17(24-19-16)23-12-15(21)20-10-4-2-3-5-11-20/h6-9H,2-5,10-12H2,1H3. The van der Waals surface area contributed by atoms with Crippen LogP contribution in [0.25, 0.3) is 11.4 Å². The minimum Gasteiger partial charge on any atom is -0.497 e. The number of methoxy groups -OCH3 is 1. The second-order valence-corrected chi connectivity index (χ2v) is 7.67.